The van der Waals surface area contributed by atoms with E-state index in [9.17, 15) is 40.7 Å². The van der Waals surface area contributed by atoms with Gasteiger partial charge in [-0.1, -0.05) is 0 Å². The molecule has 1 aliphatic rings. The predicted molar refractivity (Wildman–Crippen MR) is 114 cm³/mol. The number of rotatable bonds is 3. The van der Waals surface area contributed by atoms with Crippen molar-refractivity contribution in [2.24, 2.45) is 0 Å². The molecule has 0 bridgehead atoms. The van der Waals surface area contributed by atoms with Gasteiger partial charge in [0.1, 0.15) is 6.33 Å². The summed E-state index contributed by atoms with van der Waals surface area (Å²) in [5.41, 5.74) is 0.311. The minimum Gasteiger partial charge on any atom is -0.377 e. The Morgan fingerprint density at radius 3 is 2.08 bits per heavy atom. The van der Waals surface area contributed by atoms with Crippen LogP contribution in [0.3, 0.4) is 0 Å². The molecule has 2 heterocycles. The summed E-state index contributed by atoms with van der Waals surface area (Å²) in [5.74, 6) is -3.36. The fraction of sp³-hybridized carbons (Fsp3) is 0.381. The van der Waals surface area contributed by atoms with Gasteiger partial charge in [-0.3, -0.25) is 25.2 Å². The molecule has 0 aliphatic carbocycles. The van der Waals surface area contributed by atoms with Crippen LogP contribution in [0.4, 0.5) is 26.3 Å². The average molecular weight is 534 g/mol. The summed E-state index contributed by atoms with van der Waals surface area (Å²) in [4.78, 5) is 41.4. The van der Waals surface area contributed by atoms with E-state index >= 15 is 0 Å². The van der Waals surface area contributed by atoms with E-state index in [1.54, 1.807) is 13.8 Å². The molecule has 0 spiro atoms. The third-order valence-electron chi connectivity index (χ3n) is 5.13. The number of nitrogens with one attached hydrogen (secondary N) is 2. The van der Waals surface area contributed by atoms with E-state index in [1.165, 1.54) is 4.90 Å². The van der Waals surface area contributed by atoms with E-state index in [0.29, 0.717) is 12.1 Å². The van der Waals surface area contributed by atoms with Crippen molar-refractivity contribution in [2.75, 3.05) is 13.2 Å². The summed E-state index contributed by atoms with van der Waals surface area (Å²) in [7, 11) is 0. The molecule has 2 N–H and O–H groups in total. The first-order valence-electron chi connectivity index (χ1n) is 10.6. The lowest BCUT2D eigenvalue weighted by Gasteiger charge is -2.38. The Hall–Kier alpha value is -3.95. The summed E-state index contributed by atoms with van der Waals surface area (Å²) in [6, 6.07) is 0.193. The van der Waals surface area contributed by atoms with Crippen LogP contribution < -0.4 is 10.9 Å². The summed E-state index contributed by atoms with van der Waals surface area (Å²) in [5, 5.41) is 3.74. The quantitative estimate of drug-likeness (QED) is 0.270. The number of carbonyl (C=O) groups is 3. The monoisotopic (exact) mass is 534 g/mol. The molecule has 1 aliphatic heterocycles. The summed E-state index contributed by atoms with van der Waals surface area (Å²) >= 11 is 0. The number of hydrazine groups is 1. The molecule has 0 saturated carbocycles. The number of halogens is 6. The van der Waals surface area contributed by atoms with Crippen LogP contribution in [0.1, 0.15) is 25.0 Å². The molecular formula is C21H20F6N6O4. The van der Waals surface area contributed by atoms with Gasteiger partial charge in [-0.05, 0) is 32.0 Å². The molecule has 1 saturated heterocycles. The summed E-state index contributed by atoms with van der Waals surface area (Å²) < 4.78 is 84.5. The molecular weight excluding hydrogens is 514 g/mol. The smallest absolute Gasteiger partial charge is 0.377 e. The Bertz CT molecular complexity index is 1170. The average Bonchev–Trinajstić information content (AvgIpc) is 3.28. The van der Waals surface area contributed by atoms with E-state index in [0.717, 1.165) is 23.3 Å². The number of benzene rings is 1. The largest absolute Gasteiger partial charge is 0.416 e. The first-order chi connectivity index (χ1) is 17.2. The number of amides is 3. The molecule has 1 aromatic heterocycles. The molecule has 3 amide bonds. The first kappa shape index (κ1) is 27.6. The highest BCUT2D eigenvalue weighted by atomic mass is 19.4. The minimum absolute atomic E-state index is 0.0237. The van der Waals surface area contributed by atoms with Gasteiger partial charge in [0.15, 0.2) is 5.82 Å². The van der Waals surface area contributed by atoms with Gasteiger partial charge in [-0.2, -0.15) is 26.3 Å². The van der Waals surface area contributed by atoms with Crippen molar-refractivity contribution in [2.45, 2.75) is 38.3 Å². The van der Waals surface area contributed by atoms with E-state index in [1.807, 2.05) is 10.9 Å². The van der Waals surface area contributed by atoms with Crippen molar-refractivity contribution in [1.29, 1.82) is 0 Å². The molecule has 200 valence electrons. The highest BCUT2D eigenvalue weighted by Crippen LogP contribution is 2.38. The maximum Gasteiger partial charge on any atom is 0.416 e. The van der Waals surface area contributed by atoms with Crippen LogP contribution in [0.5, 0.6) is 0 Å². The lowest BCUT2D eigenvalue weighted by atomic mass is 10.0. The fourth-order valence-electron chi connectivity index (χ4n) is 3.44. The van der Waals surface area contributed by atoms with Crippen LogP contribution in [0.25, 0.3) is 17.6 Å². The Kier molecular flexibility index (Phi) is 7.90. The Labute approximate surface area is 205 Å². The molecule has 2 unspecified atom stereocenters. The van der Waals surface area contributed by atoms with Crippen molar-refractivity contribution in [3.05, 3.63) is 41.7 Å². The van der Waals surface area contributed by atoms with E-state index < -0.39 is 52.6 Å². The zero-order chi connectivity index (χ0) is 27.5. The van der Waals surface area contributed by atoms with Crippen molar-refractivity contribution >= 4 is 23.9 Å². The number of aromatic nitrogens is 3. The van der Waals surface area contributed by atoms with Gasteiger partial charge >= 0.3 is 24.2 Å². The molecule has 1 fully saturated rings. The van der Waals surface area contributed by atoms with Crippen molar-refractivity contribution in [1.82, 2.24) is 30.5 Å². The van der Waals surface area contributed by atoms with Gasteiger partial charge in [0.05, 0.1) is 36.4 Å². The Morgan fingerprint density at radius 1 is 0.973 bits per heavy atom. The number of hydrogen-bond donors (Lipinski definition) is 2. The third kappa shape index (κ3) is 6.84. The lowest BCUT2D eigenvalue weighted by molar-refractivity contribution is -0.155. The minimum atomic E-state index is -5.04. The topological polar surface area (TPSA) is 118 Å². The van der Waals surface area contributed by atoms with Gasteiger partial charge in [-0.25, -0.2) is 9.67 Å². The zero-order valence-corrected chi connectivity index (χ0v) is 19.2. The fourth-order valence-corrected chi connectivity index (χ4v) is 3.44. The maximum absolute atomic E-state index is 13.1. The summed E-state index contributed by atoms with van der Waals surface area (Å²) in [6.45, 7) is 3.88. The van der Waals surface area contributed by atoms with Gasteiger partial charge in [-0.15, -0.1) is 5.10 Å². The van der Waals surface area contributed by atoms with Crippen molar-refractivity contribution in [3.63, 3.8) is 0 Å². The molecule has 10 nitrogen and oxygen atoms in total. The molecule has 2 atom stereocenters. The summed E-state index contributed by atoms with van der Waals surface area (Å²) in [6.07, 6.45) is -7.34. The maximum atomic E-state index is 13.1. The van der Waals surface area contributed by atoms with Crippen molar-refractivity contribution in [3.8, 4) is 11.4 Å². The van der Waals surface area contributed by atoms with Crippen LogP contribution in [-0.4, -0.2) is 62.7 Å². The lowest BCUT2D eigenvalue weighted by Crippen LogP contribution is -2.58. The zero-order valence-electron chi connectivity index (χ0n) is 19.2. The second-order valence-electron chi connectivity index (χ2n) is 8.05. The van der Waals surface area contributed by atoms with Gasteiger partial charge < -0.3 is 9.64 Å². The van der Waals surface area contributed by atoms with Crippen LogP contribution in [0.2, 0.25) is 0 Å². The van der Waals surface area contributed by atoms with Crippen LogP contribution in [-0.2, 0) is 31.5 Å². The SMILES string of the molecule is CC1COCC(C)N1C(=O)C(=O)NNC(=O)/C=C\n1cnc(-c2cc(C(F)(F)F)cc(C(F)(F)F)c2)n1. The van der Waals surface area contributed by atoms with Gasteiger partial charge in [0, 0.05) is 17.8 Å². The second-order valence-corrected chi connectivity index (χ2v) is 8.05. The van der Waals surface area contributed by atoms with Gasteiger partial charge in [0.2, 0.25) is 0 Å². The molecule has 1 aromatic carbocycles. The molecule has 16 heteroatoms. The standard InChI is InChI=1S/C21H20F6N6O4/c1-11-8-37-9-12(2)33(11)19(36)18(35)30-29-16(34)3-4-32-10-28-17(31-32)13-5-14(20(22,23)24)7-15(6-13)21(25,26)27/h3-7,10-12H,8-9H2,1-2H3,(H,29,34)(H,30,35)/b4-3-. The van der Waals surface area contributed by atoms with Crippen molar-refractivity contribution < 1.29 is 45.5 Å². The number of alkyl halides is 6. The molecule has 2 aromatic rings. The molecule has 37 heavy (non-hydrogen) atoms. The highest BCUT2D eigenvalue weighted by Gasteiger charge is 2.37. The normalized spacial score (nSPS) is 18.6. The first-order valence-corrected chi connectivity index (χ1v) is 10.6. The van der Waals surface area contributed by atoms with E-state index in [4.69, 9.17) is 4.74 Å². The number of carbonyl (C=O) groups excluding carboxylic acids is 3. The van der Waals surface area contributed by atoms with Crippen LogP contribution in [0, 0.1) is 0 Å². The van der Waals surface area contributed by atoms with E-state index in [-0.39, 0.29) is 31.4 Å². The van der Waals surface area contributed by atoms with Crippen LogP contribution >= 0.6 is 0 Å². The number of morpholine rings is 1. The number of hydrogen-bond acceptors (Lipinski definition) is 6. The predicted octanol–water partition coefficient (Wildman–Crippen LogP) is 2.24. The number of ether oxygens (including phenoxy) is 1. The third-order valence-corrected chi connectivity index (χ3v) is 5.13. The highest BCUT2D eigenvalue weighted by molar-refractivity contribution is 6.35. The molecule has 3 rings (SSSR count). The second kappa shape index (κ2) is 10.6. The number of nitrogens with zero attached hydrogens (tertiary/aromatic N) is 4. The van der Waals surface area contributed by atoms with E-state index in [2.05, 4.69) is 10.1 Å². The molecule has 0 radical (unpaired) electrons. The van der Waals surface area contributed by atoms with Gasteiger partial charge in [0.25, 0.3) is 5.91 Å². The Morgan fingerprint density at radius 2 is 1.54 bits per heavy atom. The Balaban J connectivity index is 1.66. The van der Waals surface area contributed by atoms with Crippen LogP contribution in [0.15, 0.2) is 30.6 Å².